The third-order valence-electron chi connectivity index (χ3n) is 2.18. The molecule has 2 nitrogen and oxygen atoms in total. The number of halogens is 1. The van der Waals surface area contributed by atoms with Crippen LogP contribution in [0.25, 0.3) is 6.08 Å². The number of carbonyl (C=O) groups excluding carboxylic acids is 1. The molecular weight excluding hydrogens is 242 g/mol. The molecule has 1 aromatic carbocycles. The van der Waals surface area contributed by atoms with Crippen LogP contribution < -0.4 is 5.32 Å². The van der Waals surface area contributed by atoms with Crippen molar-refractivity contribution in [1.29, 1.82) is 0 Å². The second kappa shape index (κ2) is 3.96. The molecule has 0 saturated heterocycles. The molecule has 0 saturated carbocycles. The summed E-state index contributed by atoms with van der Waals surface area (Å²) >= 11 is 3.33. The fourth-order valence-electron chi connectivity index (χ4n) is 1.59. The van der Waals surface area contributed by atoms with Gasteiger partial charge in [-0.25, -0.2) is 0 Å². The van der Waals surface area contributed by atoms with Gasteiger partial charge in [0.15, 0.2) is 0 Å². The van der Waals surface area contributed by atoms with Crippen molar-refractivity contribution in [2.75, 3.05) is 10.6 Å². The van der Waals surface area contributed by atoms with Crippen molar-refractivity contribution in [2.24, 2.45) is 0 Å². The minimum Gasteiger partial charge on any atom is -0.325 e. The second-order valence-electron chi connectivity index (χ2n) is 3.16. The van der Waals surface area contributed by atoms with E-state index in [2.05, 4.69) is 21.2 Å². The van der Waals surface area contributed by atoms with E-state index in [9.17, 15) is 4.79 Å². The average Bonchev–Trinajstić information content (AvgIpc) is 2.55. The SMILES string of the molecule is O=C1Cc2cccc(C=CCBr)c2N1. The lowest BCUT2D eigenvalue weighted by Crippen LogP contribution is -2.04. The highest BCUT2D eigenvalue weighted by atomic mass is 79.9. The van der Waals surface area contributed by atoms with E-state index in [1.807, 2.05) is 30.4 Å². The van der Waals surface area contributed by atoms with Gasteiger partial charge in [-0.05, 0) is 11.1 Å². The monoisotopic (exact) mass is 251 g/mol. The number of rotatable bonds is 2. The van der Waals surface area contributed by atoms with E-state index in [4.69, 9.17) is 0 Å². The molecule has 0 aliphatic carbocycles. The summed E-state index contributed by atoms with van der Waals surface area (Å²) < 4.78 is 0. The summed E-state index contributed by atoms with van der Waals surface area (Å²) in [5.74, 6) is 0.0830. The summed E-state index contributed by atoms with van der Waals surface area (Å²) in [6, 6.07) is 5.97. The molecule has 0 fully saturated rings. The van der Waals surface area contributed by atoms with E-state index in [-0.39, 0.29) is 5.91 Å². The van der Waals surface area contributed by atoms with Gasteiger partial charge in [-0.2, -0.15) is 0 Å². The summed E-state index contributed by atoms with van der Waals surface area (Å²) in [6.07, 6.45) is 4.53. The van der Waals surface area contributed by atoms with Crippen molar-refractivity contribution in [3.63, 3.8) is 0 Å². The first-order chi connectivity index (χ1) is 6.81. The van der Waals surface area contributed by atoms with Crippen molar-refractivity contribution in [3.8, 4) is 0 Å². The summed E-state index contributed by atoms with van der Waals surface area (Å²) in [5, 5.41) is 3.69. The highest BCUT2D eigenvalue weighted by molar-refractivity contribution is 9.09. The summed E-state index contributed by atoms with van der Waals surface area (Å²) in [5.41, 5.74) is 3.13. The Kier molecular flexibility index (Phi) is 2.68. The third kappa shape index (κ3) is 1.73. The van der Waals surface area contributed by atoms with Crippen molar-refractivity contribution in [1.82, 2.24) is 0 Å². The molecule has 0 atom stereocenters. The number of anilines is 1. The van der Waals surface area contributed by atoms with Crippen molar-refractivity contribution in [3.05, 3.63) is 35.4 Å². The molecular formula is C11H10BrNO. The summed E-state index contributed by atoms with van der Waals surface area (Å²) in [7, 11) is 0. The number of nitrogens with one attached hydrogen (secondary N) is 1. The van der Waals surface area contributed by atoms with E-state index in [1.54, 1.807) is 0 Å². The molecule has 1 N–H and O–H groups in total. The largest absolute Gasteiger partial charge is 0.325 e. The molecule has 0 bridgehead atoms. The number of allylic oxidation sites excluding steroid dienone is 1. The minimum atomic E-state index is 0.0830. The Morgan fingerprint density at radius 2 is 2.36 bits per heavy atom. The molecule has 1 aliphatic heterocycles. The zero-order valence-corrected chi connectivity index (χ0v) is 9.17. The molecule has 0 radical (unpaired) electrons. The maximum atomic E-state index is 11.2. The molecule has 1 amide bonds. The average molecular weight is 252 g/mol. The quantitative estimate of drug-likeness (QED) is 0.805. The van der Waals surface area contributed by atoms with E-state index in [0.717, 1.165) is 22.1 Å². The number of benzene rings is 1. The first-order valence-electron chi connectivity index (χ1n) is 4.45. The lowest BCUT2D eigenvalue weighted by Gasteiger charge is -2.02. The van der Waals surface area contributed by atoms with Crippen LogP contribution in [0.15, 0.2) is 24.3 Å². The Hall–Kier alpha value is -1.09. The molecule has 0 spiro atoms. The Bertz CT molecular complexity index is 398. The van der Waals surface area contributed by atoms with Crippen LogP contribution in [0.2, 0.25) is 0 Å². The van der Waals surface area contributed by atoms with E-state index in [1.165, 1.54) is 0 Å². The predicted octanol–water partition coefficient (Wildman–Crippen LogP) is 2.59. The Balaban J connectivity index is 2.39. The van der Waals surface area contributed by atoms with Gasteiger partial charge in [0.25, 0.3) is 0 Å². The maximum Gasteiger partial charge on any atom is 0.228 e. The molecule has 2 rings (SSSR count). The lowest BCUT2D eigenvalue weighted by molar-refractivity contribution is -0.115. The van der Waals surface area contributed by atoms with Crippen molar-refractivity contribution in [2.45, 2.75) is 6.42 Å². The van der Waals surface area contributed by atoms with E-state index < -0.39 is 0 Å². The van der Waals surface area contributed by atoms with E-state index >= 15 is 0 Å². The van der Waals surface area contributed by atoms with Gasteiger partial charge in [0.05, 0.1) is 12.1 Å². The van der Waals surface area contributed by atoms with Crippen LogP contribution in [0, 0.1) is 0 Å². The van der Waals surface area contributed by atoms with Crippen LogP contribution in [0.5, 0.6) is 0 Å². The van der Waals surface area contributed by atoms with Crippen LogP contribution in [0.4, 0.5) is 5.69 Å². The Labute approximate surface area is 91.1 Å². The molecule has 1 heterocycles. The van der Waals surface area contributed by atoms with Gasteiger partial charge in [-0.15, -0.1) is 0 Å². The fourth-order valence-corrected chi connectivity index (χ4v) is 1.77. The van der Waals surface area contributed by atoms with Crippen LogP contribution >= 0.6 is 15.9 Å². The molecule has 0 aromatic heterocycles. The Morgan fingerprint density at radius 3 is 3.14 bits per heavy atom. The highest BCUT2D eigenvalue weighted by Gasteiger charge is 2.18. The van der Waals surface area contributed by atoms with Crippen LogP contribution in [0.3, 0.4) is 0 Å². The first-order valence-corrected chi connectivity index (χ1v) is 5.57. The number of fused-ring (bicyclic) bond motifs is 1. The molecule has 3 heteroatoms. The summed E-state index contributed by atoms with van der Waals surface area (Å²) in [6.45, 7) is 0. The van der Waals surface area contributed by atoms with Gasteiger partial charge < -0.3 is 5.32 Å². The van der Waals surface area contributed by atoms with Gasteiger partial charge in [-0.3, -0.25) is 4.79 Å². The number of para-hydroxylation sites is 1. The predicted molar refractivity (Wildman–Crippen MR) is 61.6 cm³/mol. The third-order valence-corrected chi connectivity index (χ3v) is 2.56. The summed E-state index contributed by atoms with van der Waals surface area (Å²) in [4.78, 5) is 11.2. The lowest BCUT2D eigenvalue weighted by atomic mass is 10.1. The van der Waals surface area contributed by atoms with Crippen molar-refractivity contribution < 1.29 is 4.79 Å². The number of carbonyl (C=O) groups is 1. The number of hydrogen-bond acceptors (Lipinski definition) is 1. The van der Waals surface area contributed by atoms with Gasteiger partial charge in [0, 0.05) is 5.33 Å². The molecule has 1 aromatic rings. The zero-order chi connectivity index (χ0) is 9.97. The molecule has 1 aliphatic rings. The van der Waals surface area contributed by atoms with Gasteiger partial charge in [-0.1, -0.05) is 46.3 Å². The molecule has 14 heavy (non-hydrogen) atoms. The molecule has 0 unspecified atom stereocenters. The number of hydrogen-bond donors (Lipinski definition) is 1. The highest BCUT2D eigenvalue weighted by Crippen LogP contribution is 2.27. The van der Waals surface area contributed by atoms with E-state index in [0.29, 0.717) is 6.42 Å². The minimum absolute atomic E-state index is 0.0830. The normalized spacial score (nSPS) is 14.5. The fraction of sp³-hybridized carbons (Fsp3) is 0.182. The second-order valence-corrected chi connectivity index (χ2v) is 3.81. The van der Waals surface area contributed by atoms with Gasteiger partial charge >= 0.3 is 0 Å². The van der Waals surface area contributed by atoms with Gasteiger partial charge in [0.1, 0.15) is 0 Å². The van der Waals surface area contributed by atoms with Crippen LogP contribution in [-0.2, 0) is 11.2 Å². The Morgan fingerprint density at radius 1 is 1.50 bits per heavy atom. The number of alkyl halides is 1. The first kappa shape index (κ1) is 9.46. The zero-order valence-electron chi connectivity index (χ0n) is 7.59. The standard InChI is InChI=1S/C11H10BrNO/c12-6-2-5-8-3-1-4-9-7-10(14)13-11(8)9/h1-5H,6-7H2,(H,13,14). The molecule has 72 valence electrons. The topological polar surface area (TPSA) is 29.1 Å². The smallest absolute Gasteiger partial charge is 0.228 e. The van der Waals surface area contributed by atoms with Crippen LogP contribution in [0.1, 0.15) is 11.1 Å². The van der Waals surface area contributed by atoms with Gasteiger partial charge in [0.2, 0.25) is 5.91 Å². The van der Waals surface area contributed by atoms with Crippen molar-refractivity contribution >= 4 is 33.6 Å². The maximum absolute atomic E-state index is 11.2. The number of amides is 1. The van der Waals surface area contributed by atoms with Crippen LogP contribution in [-0.4, -0.2) is 11.2 Å².